The van der Waals surface area contributed by atoms with Gasteiger partial charge < -0.3 is 5.73 Å². The zero-order chi connectivity index (χ0) is 12.2. The third-order valence-electron chi connectivity index (χ3n) is 2.26. The van der Waals surface area contributed by atoms with Gasteiger partial charge in [-0.1, -0.05) is 18.2 Å². The third-order valence-corrected chi connectivity index (χ3v) is 2.26. The molecule has 0 saturated heterocycles. The van der Waals surface area contributed by atoms with Gasteiger partial charge in [-0.3, -0.25) is 0 Å². The van der Waals surface area contributed by atoms with Gasteiger partial charge in [-0.2, -0.15) is 13.2 Å². The molecule has 16 heavy (non-hydrogen) atoms. The Labute approximate surface area is 92.8 Å². The maximum atomic E-state index is 12.4. The molecule has 0 aliphatic carbocycles. The van der Waals surface area contributed by atoms with Crippen LogP contribution >= 0.6 is 0 Å². The molecule has 0 unspecified atom stereocenters. The van der Waals surface area contributed by atoms with Crippen molar-refractivity contribution in [3.05, 3.63) is 41.5 Å². The van der Waals surface area contributed by atoms with E-state index in [1.165, 1.54) is 6.07 Å². The van der Waals surface area contributed by atoms with E-state index in [1.807, 2.05) is 6.08 Å². The van der Waals surface area contributed by atoms with Crippen LogP contribution in [0.2, 0.25) is 0 Å². The summed E-state index contributed by atoms with van der Waals surface area (Å²) < 4.78 is 37.3. The molecule has 4 heteroatoms. The highest BCUT2D eigenvalue weighted by molar-refractivity contribution is 5.64. The number of rotatable bonds is 3. The first-order valence-corrected chi connectivity index (χ1v) is 4.99. The predicted octanol–water partition coefficient (Wildman–Crippen LogP) is 3.46. The molecular formula is C12H14F3N. The fourth-order valence-corrected chi connectivity index (χ4v) is 1.36. The van der Waals surface area contributed by atoms with Crippen molar-refractivity contribution in [2.24, 2.45) is 5.73 Å². The average Bonchev–Trinajstić information content (AvgIpc) is 2.25. The van der Waals surface area contributed by atoms with Crippen LogP contribution in [0.25, 0.3) is 5.57 Å². The minimum Gasteiger partial charge on any atom is -0.330 e. The second kappa shape index (κ2) is 5.16. The maximum Gasteiger partial charge on any atom is 0.416 e. The number of hydrogen-bond acceptors (Lipinski definition) is 1. The minimum atomic E-state index is -4.29. The number of alkyl halides is 3. The topological polar surface area (TPSA) is 26.0 Å². The van der Waals surface area contributed by atoms with Crippen LogP contribution in [-0.4, -0.2) is 6.54 Å². The predicted molar refractivity (Wildman–Crippen MR) is 58.8 cm³/mol. The summed E-state index contributed by atoms with van der Waals surface area (Å²) in [4.78, 5) is 0. The lowest BCUT2D eigenvalue weighted by molar-refractivity contribution is -0.137. The van der Waals surface area contributed by atoms with Gasteiger partial charge in [0.2, 0.25) is 0 Å². The van der Waals surface area contributed by atoms with Crippen molar-refractivity contribution in [2.45, 2.75) is 19.5 Å². The molecule has 0 heterocycles. The van der Waals surface area contributed by atoms with Crippen LogP contribution in [0.4, 0.5) is 13.2 Å². The van der Waals surface area contributed by atoms with E-state index in [4.69, 9.17) is 5.73 Å². The molecule has 0 aromatic heterocycles. The first kappa shape index (κ1) is 12.8. The second-order valence-electron chi connectivity index (χ2n) is 3.54. The normalized spacial score (nSPS) is 12.9. The Morgan fingerprint density at radius 3 is 2.62 bits per heavy atom. The molecule has 0 radical (unpaired) electrons. The first-order chi connectivity index (χ1) is 7.45. The Balaban J connectivity index is 2.99. The molecule has 0 aliphatic rings. The van der Waals surface area contributed by atoms with E-state index in [9.17, 15) is 13.2 Å². The smallest absolute Gasteiger partial charge is 0.330 e. The summed E-state index contributed by atoms with van der Waals surface area (Å²) in [5, 5.41) is 0. The average molecular weight is 229 g/mol. The molecule has 2 N–H and O–H groups in total. The Morgan fingerprint density at radius 2 is 2.06 bits per heavy atom. The molecule has 0 atom stereocenters. The summed E-state index contributed by atoms with van der Waals surface area (Å²) in [5.74, 6) is 0. The third kappa shape index (κ3) is 3.38. The Morgan fingerprint density at radius 1 is 1.38 bits per heavy atom. The number of benzene rings is 1. The SMILES string of the molecule is CC(=CCCN)c1cccc(C(F)(F)F)c1. The quantitative estimate of drug-likeness (QED) is 0.843. The van der Waals surface area contributed by atoms with E-state index in [1.54, 1.807) is 13.0 Å². The van der Waals surface area contributed by atoms with Gasteiger partial charge in [-0.15, -0.1) is 0 Å². The number of allylic oxidation sites excluding steroid dienone is 1. The molecule has 1 nitrogen and oxygen atoms in total. The summed E-state index contributed by atoms with van der Waals surface area (Å²) in [6, 6.07) is 5.30. The maximum absolute atomic E-state index is 12.4. The largest absolute Gasteiger partial charge is 0.416 e. The standard InChI is InChI=1S/C12H14F3N/c1-9(4-3-7-16)10-5-2-6-11(8-10)12(13,14)15/h2,4-6,8H,3,7,16H2,1H3. The zero-order valence-corrected chi connectivity index (χ0v) is 9.01. The van der Waals surface area contributed by atoms with Crippen molar-refractivity contribution in [1.29, 1.82) is 0 Å². The van der Waals surface area contributed by atoms with Crippen LogP contribution in [0.1, 0.15) is 24.5 Å². The van der Waals surface area contributed by atoms with Crippen LogP contribution in [0.3, 0.4) is 0 Å². The molecule has 1 rings (SSSR count). The molecule has 0 amide bonds. The van der Waals surface area contributed by atoms with Crippen LogP contribution in [0, 0.1) is 0 Å². The highest BCUT2D eigenvalue weighted by Crippen LogP contribution is 2.30. The summed E-state index contributed by atoms with van der Waals surface area (Å²) in [5.41, 5.74) is 6.11. The van der Waals surface area contributed by atoms with Crippen LogP contribution in [0.15, 0.2) is 30.3 Å². The van der Waals surface area contributed by atoms with Crippen LogP contribution < -0.4 is 5.73 Å². The van der Waals surface area contributed by atoms with Crippen LogP contribution in [0.5, 0.6) is 0 Å². The van der Waals surface area contributed by atoms with Crippen molar-refractivity contribution >= 4 is 5.57 Å². The Hall–Kier alpha value is -1.29. The van der Waals surface area contributed by atoms with Gasteiger partial charge in [-0.05, 0) is 43.2 Å². The molecular weight excluding hydrogens is 215 g/mol. The minimum absolute atomic E-state index is 0.496. The van der Waals surface area contributed by atoms with Crippen molar-refractivity contribution in [1.82, 2.24) is 0 Å². The van der Waals surface area contributed by atoms with Crippen LogP contribution in [-0.2, 0) is 6.18 Å². The lowest BCUT2D eigenvalue weighted by atomic mass is 10.0. The van der Waals surface area contributed by atoms with E-state index in [-0.39, 0.29) is 0 Å². The van der Waals surface area contributed by atoms with E-state index < -0.39 is 11.7 Å². The van der Waals surface area contributed by atoms with Gasteiger partial charge in [0.05, 0.1) is 5.56 Å². The lowest BCUT2D eigenvalue weighted by Crippen LogP contribution is -2.04. The number of hydrogen-bond donors (Lipinski definition) is 1. The van der Waals surface area contributed by atoms with Crippen molar-refractivity contribution < 1.29 is 13.2 Å². The van der Waals surface area contributed by atoms with Gasteiger partial charge in [0.25, 0.3) is 0 Å². The van der Waals surface area contributed by atoms with Crippen molar-refractivity contribution in [3.63, 3.8) is 0 Å². The molecule has 1 aromatic carbocycles. The summed E-state index contributed by atoms with van der Waals surface area (Å²) in [6.45, 7) is 2.28. The zero-order valence-electron chi connectivity index (χ0n) is 9.01. The summed E-state index contributed by atoms with van der Waals surface area (Å²) >= 11 is 0. The molecule has 88 valence electrons. The van der Waals surface area contributed by atoms with E-state index in [0.717, 1.165) is 17.7 Å². The molecule has 0 spiro atoms. The highest BCUT2D eigenvalue weighted by atomic mass is 19.4. The highest BCUT2D eigenvalue weighted by Gasteiger charge is 2.30. The van der Waals surface area contributed by atoms with Gasteiger partial charge in [0.15, 0.2) is 0 Å². The molecule has 0 fully saturated rings. The van der Waals surface area contributed by atoms with Crippen molar-refractivity contribution in [3.8, 4) is 0 Å². The molecule has 0 aliphatic heterocycles. The molecule has 0 bridgehead atoms. The second-order valence-corrected chi connectivity index (χ2v) is 3.54. The van der Waals surface area contributed by atoms with E-state index >= 15 is 0 Å². The Bertz CT molecular complexity index is 380. The lowest BCUT2D eigenvalue weighted by Gasteiger charge is -2.08. The Kier molecular flexibility index (Phi) is 4.12. The fourth-order valence-electron chi connectivity index (χ4n) is 1.36. The number of nitrogens with two attached hydrogens (primary N) is 1. The van der Waals surface area contributed by atoms with Gasteiger partial charge in [0.1, 0.15) is 0 Å². The summed E-state index contributed by atoms with van der Waals surface area (Å²) in [7, 11) is 0. The van der Waals surface area contributed by atoms with E-state index in [0.29, 0.717) is 18.5 Å². The van der Waals surface area contributed by atoms with Crippen molar-refractivity contribution in [2.75, 3.05) is 6.54 Å². The molecule has 1 aromatic rings. The number of halogens is 3. The fraction of sp³-hybridized carbons (Fsp3) is 0.333. The van der Waals surface area contributed by atoms with Gasteiger partial charge in [0, 0.05) is 0 Å². The monoisotopic (exact) mass is 229 g/mol. The van der Waals surface area contributed by atoms with Gasteiger partial charge >= 0.3 is 6.18 Å². The molecule has 0 saturated carbocycles. The summed E-state index contributed by atoms with van der Waals surface area (Å²) in [6.07, 6.45) is -1.78. The first-order valence-electron chi connectivity index (χ1n) is 4.99. The van der Waals surface area contributed by atoms with E-state index in [2.05, 4.69) is 0 Å². The van der Waals surface area contributed by atoms with Gasteiger partial charge in [-0.25, -0.2) is 0 Å².